The summed E-state index contributed by atoms with van der Waals surface area (Å²) in [6.45, 7) is 0.774. The van der Waals surface area contributed by atoms with Gasteiger partial charge in [-0.25, -0.2) is 8.42 Å². The van der Waals surface area contributed by atoms with E-state index in [-0.39, 0.29) is 25.7 Å². The van der Waals surface area contributed by atoms with E-state index in [2.05, 4.69) is 9.82 Å². The average molecular weight is 370 g/mol. The molecule has 0 fully saturated rings. The van der Waals surface area contributed by atoms with E-state index in [0.29, 0.717) is 13.1 Å². The summed E-state index contributed by atoms with van der Waals surface area (Å²) in [7, 11) is -3.82. The van der Waals surface area contributed by atoms with Crippen LogP contribution in [0, 0.1) is 0 Å². The maximum atomic E-state index is 12.2. The number of nitrogens with two attached hydrogens (primary N) is 1. The lowest BCUT2D eigenvalue weighted by Crippen LogP contribution is -2.13. The van der Waals surface area contributed by atoms with Crippen molar-refractivity contribution in [2.45, 2.75) is 11.4 Å². The molecule has 0 spiro atoms. The second-order valence-corrected chi connectivity index (χ2v) is 6.98. The predicted octanol–water partition coefficient (Wildman–Crippen LogP) is 2.60. The fourth-order valence-electron chi connectivity index (χ4n) is 1.54. The fourth-order valence-corrected chi connectivity index (χ4v) is 3.22. The summed E-state index contributed by atoms with van der Waals surface area (Å²) in [5, 5.41) is 4.47. The molecule has 1 heterocycles. The first-order valence-electron chi connectivity index (χ1n) is 5.73. The van der Waals surface area contributed by atoms with Crippen molar-refractivity contribution < 1.29 is 8.42 Å². The number of nitrogens with one attached hydrogen (secondary N) is 1. The number of anilines is 1. The molecule has 0 unspecified atom stereocenters. The molecule has 21 heavy (non-hydrogen) atoms. The Morgan fingerprint density at radius 3 is 2.52 bits per heavy atom. The van der Waals surface area contributed by atoms with Crippen LogP contribution in [0.1, 0.15) is 0 Å². The minimum atomic E-state index is -3.82. The minimum absolute atomic E-state index is 0.00177. The highest BCUT2D eigenvalue weighted by Crippen LogP contribution is 2.33. The van der Waals surface area contributed by atoms with E-state index < -0.39 is 10.0 Å². The topological polar surface area (TPSA) is 90.0 Å². The molecule has 0 saturated carbocycles. The molecule has 2 rings (SSSR count). The lowest BCUT2D eigenvalue weighted by atomic mass is 10.3. The van der Waals surface area contributed by atoms with E-state index in [4.69, 9.17) is 40.5 Å². The monoisotopic (exact) mass is 368 g/mol. The summed E-state index contributed by atoms with van der Waals surface area (Å²) < 4.78 is 28.2. The zero-order valence-electron chi connectivity index (χ0n) is 10.6. The Morgan fingerprint density at radius 1 is 1.19 bits per heavy atom. The molecular formula is C11H11Cl3N4O2S. The molecule has 0 saturated heterocycles. The van der Waals surface area contributed by atoms with Crippen molar-refractivity contribution in [2.24, 2.45) is 5.73 Å². The lowest BCUT2D eigenvalue weighted by molar-refractivity contribution is 0.599. The van der Waals surface area contributed by atoms with E-state index >= 15 is 0 Å². The number of benzene rings is 1. The van der Waals surface area contributed by atoms with Crippen molar-refractivity contribution in [3.05, 3.63) is 39.6 Å². The van der Waals surface area contributed by atoms with Crippen LogP contribution in [-0.4, -0.2) is 24.7 Å². The van der Waals surface area contributed by atoms with Gasteiger partial charge in [-0.2, -0.15) is 5.10 Å². The lowest BCUT2D eigenvalue weighted by Gasteiger charge is -2.09. The van der Waals surface area contributed by atoms with Gasteiger partial charge in [0.15, 0.2) is 0 Å². The molecule has 3 N–H and O–H groups in total. The molecular weight excluding hydrogens is 359 g/mol. The van der Waals surface area contributed by atoms with E-state index in [9.17, 15) is 8.42 Å². The maximum absolute atomic E-state index is 12.2. The Kier molecular flexibility index (Phi) is 5.00. The summed E-state index contributed by atoms with van der Waals surface area (Å²) >= 11 is 17.6. The number of halogens is 3. The average Bonchev–Trinajstić information content (AvgIpc) is 2.86. The van der Waals surface area contributed by atoms with Crippen LogP contribution in [0.4, 0.5) is 5.69 Å². The Labute approximate surface area is 136 Å². The Morgan fingerprint density at radius 2 is 1.86 bits per heavy atom. The number of hydrogen-bond acceptors (Lipinski definition) is 4. The summed E-state index contributed by atoms with van der Waals surface area (Å²) in [6.07, 6.45) is 2.60. The molecule has 114 valence electrons. The van der Waals surface area contributed by atoms with E-state index in [0.717, 1.165) is 0 Å². The quantitative estimate of drug-likeness (QED) is 0.793. The smallest absolute Gasteiger partial charge is 0.265 e. The van der Waals surface area contributed by atoms with Crippen LogP contribution in [0.25, 0.3) is 0 Å². The standard InChI is InChI=1S/C11H11Cl3N4O2S/c12-8-3-10(14)11(4-9(8)13)17-21(19,20)7-5-16-18(6-7)2-1-15/h3-6,17H,1-2,15H2. The van der Waals surface area contributed by atoms with E-state index in [1.807, 2.05) is 0 Å². The highest BCUT2D eigenvalue weighted by atomic mass is 35.5. The SMILES string of the molecule is NCCn1cc(S(=O)(=O)Nc2cc(Cl)c(Cl)cc2Cl)cn1. The first-order chi connectivity index (χ1) is 9.83. The second kappa shape index (κ2) is 6.41. The van der Waals surface area contributed by atoms with Gasteiger partial charge < -0.3 is 5.73 Å². The van der Waals surface area contributed by atoms with Gasteiger partial charge in [0.1, 0.15) is 4.90 Å². The first-order valence-corrected chi connectivity index (χ1v) is 8.35. The number of sulfonamides is 1. The van der Waals surface area contributed by atoms with Crippen LogP contribution in [-0.2, 0) is 16.6 Å². The highest BCUT2D eigenvalue weighted by Gasteiger charge is 2.19. The number of aromatic nitrogens is 2. The molecule has 1 aromatic heterocycles. The molecule has 0 aliphatic carbocycles. The van der Waals surface area contributed by atoms with Gasteiger partial charge in [-0.1, -0.05) is 34.8 Å². The Hall–Kier alpha value is -0.990. The molecule has 0 radical (unpaired) electrons. The van der Waals surface area contributed by atoms with Crippen LogP contribution < -0.4 is 10.5 Å². The third kappa shape index (κ3) is 3.81. The molecule has 2 aromatic rings. The highest BCUT2D eigenvalue weighted by molar-refractivity contribution is 7.92. The van der Waals surface area contributed by atoms with Crippen LogP contribution in [0.15, 0.2) is 29.4 Å². The zero-order chi connectivity index (χ0) is 15.6. The third-order valence-electron chi connectivity index (χ3n) is 2.53. The summed E-state index contributed by atoms with van der Waals surface area (Å²) in [5.74, 6) is 0. The van der Waals surface area contributed by atoms with Gasteiger partial charge in [0.25, 0.3) is 10.0 Å². The molecule has 0 aliphatic heterocycles. The zero-order valence-corrected chi connectivity index (χ0v) is 13.6. The molecule has 1 aromatic carbocycles. The largest absolute Gasteiger partial charge is 0.329 e. The Balaban J connectivity index is 2.30. The fraction of sp³-hybridized carbons (Fsp3) is 0.182. The van der Waals surface area contributed by atoms with Gasteiger partial charge in [-0.3, -0.25) is 9.40 Å². The van der Waals surface area contributed by atoms with Gasteiger partial charge in [0, 0.05) is 12.7 Å². The number of nitrogens with zero attached hydrogens (tertiary/aromatic N) is 2. The summed E-state index contributed by atoms with van der Waals surface area (Å²) in [5.41, 5.74) is 5.52. The third-order valence-corrected chi connectivity index (χ3v) is 4.89. The van der Waals surface area contributed by atoms with Crippen LogP contribution in [0.5, 0.6) is 0 Å². The van der Waals surface area contributed by atoms with Crippen molar-refractivity contribution in [1.82, 2.24) is 9.78 Å². The van der Waals surface area contributed by atoms with Crippen molar-refractivity contribution in [2.75, 3.05) is 11.3 Å². The summed E-state index contributed by atoms with van der Waals surface area (Å²) in [6, 6.07) is 2.70. The summed E-state index contributed by atoms with van der Waals surface area (Å²) in [4.78, 5) is -0.00177. The number of rotatable bonds is 5. The molecule has 6 nitrogen and oxygen atoms in total. The molecule has 0 bridgehead atoms. The molecule has 0 amide bonds. The minimum Gasteiger partial charge on any atom is -0.329 e. The van der Waals surface area contributed by atoms with Crippen molar-refractivity contribution in [3.8, 4) is 0 Å². The Bertz CT molecular complexity index is 761. The van der Waals surface area contributed by atoms with Gasteiger partial charge in [0.05, 0.1) is 33.5 Å². The normalized spacial score (nSPS) is 11.6. The van der Waals surface area contributed by atoms with E-state index in [1.54, 1.807) is 0 Å². The molecule has 10 heteroatoms. The van der Waals surface area contributed by atoms with Gasteiger partial charge >= 0.3 is 0 Å². The van der Waals surface area contributed by atoms with E-state index in [1.165, 1.54) is 29.2 Å². The van der Waals surface area contributed by atoms with Gasteiger partial charge in [-0.05, 0) is 12.1 Å². The first kappa shape index (κ1) is 16.4. The van der Waals surface area contributed by atoms with Crippen LogP contribution in [0.3, 0.4) is 0 Å². The van der Waals surface area contributed by atoms with Gasteiger partial charge in [0.2, 0.25) is 0 Å². The van der Waals surface area contributed by atoms with Gasteiger partial charge in [-0.15, -0.1) is 0 Å². The maximum Gasteiger partial charge on any atom is 0.265 e. The second-order valence-electron chi connectivity index (χ2n) is 4.08. The molecule has 0 aliphatic rings. The van der Waals surface area contributed by atoms with Crippen molar-refractivity contribution >= 4 is 50.5 Å². The van der Waals surface area contributed by atoms with Crippen molar-refractivity contribution in [3.63, 3.8) is 0 Å². The van der Waals surface area contributed by atoms with Crippen LogP contribution >= 0.6 is 34.8 Å². The van der Waals surface area contributed by atoms with Crippen LogP contribution in [0.2, 0.25) is 15.1 Å². The number of hydrogen-bond donors (Lipinski definition) is 2. The molecule has 0 atom stereocenters. The predicted molar refractivity (Wildman–Crippen MR) is 83.6 cm³/mol. The van der Waals surface area contributed by atoms with Crippen molar-refractivity contribution in [1.29, 1.82) is 0 Å².